The molecule has 3 aromatic rings. The number of imide groups is 1. The van der Waals surface area contributed by atoms with E-state index in [0.29, 0.717) is 5.75 Å². The first-order valence-electron chi connectivity index (χ1n) is 10.6. The van der Waals surface area contributed by atoms with Gasteiger partial charge in [0.15, 0.2) is 0 Å². The van der Waals surface area contributed by atoms with E-state index in [4.69, 9.17) is 4.74 Å². The van der Waals surface area contributed by atoms with E-state index in [2.05, 4.69) is 4.98 Å². The molecule has 0 N–H and O–H groups in total. The normalized spacial score (nSPS) is 20.8. The van der Waals surface area contributed by atoms with Gasteiger partial charge in [-0.25, -0.2) is 4.98 Å². The Labute approximate surface area is 183 Å². The van der Waals surface area contributed by atoms with Crippen molar-refractivity contribution >= 4 is 39.3 Å². The number of carbonyl (C=O) groups is 3. The molecule has 2 aromatic carbocycles. The fourth-order valence-corrected chi connectivity index (χ4v) is 5.54. The third-order valence-corrected chi connectivity index (χ3v) is 7.18. The van der Waals surface area contributed by atoms with E-state index in [1.165, 1.54) is 16.2 Å². The Morgan fingerprint density at radius 1 is 1.00 bits per heavy atom. The van der Waals surface area contributed by atoms with Crippen molar-refractivity contribution in [2.45, 2.75) is 32.1 Å². The molecule has 1 aromatic heterocycles. The summed E-state index contributed by atoms with van der Waals surface area (Å²) < 4.78 is 6.68. The lowest BCUT2D eigenvalue weighted by Crippen LogP contribution is -2.33. The maximum Gasteiger partial charge on any atom is 0.313 e. The van der Waals surface area contributed by atoms with Gasteiger partial charge in [0.1, 0.15) is 10.8 Å². The fraction of sp³-hybridized carbons (Fsp3) is 0.333. The van der Waals surface area contributed by atoms with Crippen molar-refractivity contribution in [3.63, 3.8) is 0 Å². The molecule has 1 saturated carbocycles. The summed E-state index contributed by atoms with van der Waals surface area (Å²) in [5, 5.41) is 0.776. The monoisotopic (exact) mass is 434 g/mol. The molecule has 1 saturated heterocycles. The van der Waals surface area contributed by atoms with Crippen LogP contribution >= 0.6 is 11.3 Å². The minimum Gasteiger partial charge on any atom is -0.426 e. The maximum absolute atomic E-state index is 12.6. The Morgan fingerprint density at radius 2 is 1.68 bits per heavy atom. The van der Waals surface area contributed by atoms with Crippen LogP contribution in [0.2, 0.25) is 0 Å². The van der Waals surface area contributed by atoms with Gasteiger partial charge in [0.2, 0.25) is 11.8 Å². The van der Waals surface area contributed by atoms with Gasteiger partial charge in [-0.05, 0) is 37.1 Å². The molecule has 2 atom stereocenters. The van der Waals surface area contributed by atoms with Crippen molar-refractivity contribution < 1.29 is 19.1 Å². The predicted octanol–water partition coefficient (Wildman–Crippen LogP) is 4.43. The molecule has 158 valence electrons. The highest BCUT2D eigenvalue weighted by Crippen LogP contribution is 2.38. The van der Waals surface area contributed by atoms with Crippen LogP contribution in [0.4, 0.5) is 0 Å². The molecule has 1 aliphatic heterocycles. The Hall–Kier alpha value is -3.06. The minimum absolute atomic E-state index is 0.0227. The maximum atomic E-state index is 12.6. The Morgan fingerprint density at radius 3 is 2.42 bits per heavy atom. The first-order chi connectivity index (χ1) is 15.1. The second-order valence-corrected chi connectivity index (χ2v) is 9.06. The molecular weight excluding hydrogens is 412 g/mol. The second-order valence-electron chi connectivity index (χ2n) is 8.03. The zero-order chi connectivity index (χ0) is 21.4. The van der Waals surface area contributed by atoms with Crippen LogP contribution in [0.1, 0.15) is 32.1 Å². The number of likely N-dealkylation sites (tertiary alicyclic amines) is 1. The van der Waals surface area contributed by atoms with Crippen molar-refractivity contribution in [3.05, 3.63) is 48.5 Å². The van der Waals surface area contributed by atoms with E-state index >= 15 is 0 Å². The second kappa shape index (κ2) is 8.23. The number of para-hydroxylation sites is 2. The number of rotatable bonds is 5. The topological polar surface area (TPSA) is 76.6 Å². The Balaban J connectivity index is 1.28. The number of benzene rings is 2. The van der Waals surface area contributed by atoms with Gasteiger partial charge in [0.25, 0.3) is 0 Å². The van der Waals surface area contributed by atoms with Crippen molar-refractivity contribution in [2.75, 3.05) is 6.54 Å². The smallest absolute Gasteiger partial charge is 0.313 e. The highest BCUT2D eigenvalue weighted by molar-refractivity contribution is 7.21. The van der Waals surface area contributed by atoms with E-state index in [1.54, 1.807) is 12.1 Å². The van der Waals surface area contributed by atoms with Crippen molar-refractivity contribution in [1.29, 1.82) is 0 Å². The number of hydrogen-bond acceptors (Lipinski definition) is 6. The SMILES string of the molecule is O=C(CCN1C(=O)[C@H]2CCCC[C@@H]2C1=O)Oc1ccccc1-c1nc2ccccc2s1. The zero-order valence-electron chi connectivity index (χ0n) is 17.0. The van der Waals surface area contributed by atoms with E-state index in [9.17, 15) is 14.4 Å². The molecule has 6 nitrogen and oxygen atoms in total. The number of hydrogen-bond donors (Lipinski definition) is 0. The molecule has 1 aliphatic carbocycles. The average molecular weight is 435 g/mol. The van der Waals surface area contributed by atoms with Gasteiger partial charge in [0, 0.05) is 6.54 Å². The molecule has 2 heterocycles. The summed E-state index contributed by atoms with van der Waals surface area (Å²) >= 11 is 1.54. The highest BCUT2D eigenvalue weighted by Gasteiger charge is 2.47. The van der Waals surface area contributed by atoms with Crippen LogP contribution in [0.5, 0.6) is 5.75 Å². The molecule has 7 heteroatoms. The van der Waals surface area contributed by atoms with Gasteiger partial charge in [-0.3, -0.25) is 19.3 Å². The number of nitrogens with zero attached hydrogens (tertiary/aromatic N) is 2. The number of amides is 2. The molecule has 0 spiro atoms. The molecule has 5 rings (SSSR count). The molecule has 0 bridgehead atoms. The largest absolute Gasteiger partial charge is 0.426 e. The fourth-order valence-electron chi connectivity index (χ4n) is 4.55. The summed E-state index contributed by atoms with van der Waals surface area (Å²) in [6, 6.07) is 15.2. The van der Waals surface area contributed by atoms with Crippen molar-refractivity contribution in [1.82, 2.24) is 9.88 Å². The first kappa shape index (κ1) is 19.9. The molecule has 31 heavy (non-hydrogen) atoms. The van der Waals surface area contributed by atoms with Crippen LogP contribution in [-0.2, 0) is 14.4 Å². The van der Waals surface area contributed by atoms with Gasteiger partial charge < -0.3 is 4.74 Å². The molecule has 2 aliphatic rings. The van der Waals surface area contributed by atoms with Gasteiger partial charge in [-0.1, -0.05) is 37.1 Å². The van der Waals surface area contributed by atoms with E-state index in [-0.39, 0.29) is 36.6 Å². The number of fused-ring (bicyclic) bond motifs is 2. The van der Waals surface area contributed by atoms with Crippen LogP contribution < -0.4 is 4.74 Å². The zero-order valence-corrected chi connectivity index (χ0v) is 17.8. The summed E-state index contributed by atoms with van der Waals surface area (Å²) in [7, 11) is 0. The first-order valence-corrected chi connectivity index (χ1v) is 11.4. The molecular formula is C24H22N2O4S. The van der Waals surface area contributed by atoms with E-state index < -0.39 is 5.97 Å². The van der Waals surface area contributed by atoms with Crippen LogP contribution in [-0.4, -0.2) is 34.2 Å². The van der Waals surface area contributed by atoms with Gasteiger partial charge in [-0.15, -0.1) is 11.3 Å². The third-order valence-electron chi connectivity index (χ3n) is 6.11. The van der Waals surface area contributed by atoms with Gasteiger partial charge >= 0.3 is 5.97 Å². The molecule has 0 radical (unpaired) electrons. The lowest BCUT2D eigenvalue weighted by atomic mass is 9.81. The lowest BCUT2D eigenvalue weighted by molar-refractivity contribution is -0.141. The highest BCUT2D eigenvalue weighted by atomic mass is 32.1. The predicted molar refractivity (Wildman–Crippen MR) is 117 cm³/mol. The van der Waals surface area contributed by atoms with Crippen LogP contribution in [0, 0.1) is 11.8 Å². The van der Waals surface area contributed by atoms with Crippen LogP contribution in [0.15, 0.2) is 48.5 Å². The average Bonchev–Trinajstić information content (AvgIpc) is 3.32. The lowest BCUT2D eigenvalue weighted by Gasteiger charge is -2.19. The van der Waals surface area contributed by atoms with Crippen LogP contribution in [0.3, 0.4) is 0 Å². The summed E-state index contributed by atoms with van der Waals surface area (Å²) in [6.07, 6.45) is 3.49. The summed E-state index contributed by atoms with van der Waals surface area (Å²) in [4.78, 5) is 43.7. The van der Waals surface area contributed by atoms with Crippen molar-refractivity contribution in [2.24, 2.45) is 11.8 Å². The number of ether oxygens (including phenoxy) is 1. The Bertz CT molecular complexity index is 1110. The van der Waals surface area contributed by atoms with E-state index in [0.717, 1.165) is 46.5 Å². The summed E-state index contributed by atoms with van der Waals surface area (Å²) in [6.45, 7) is 0.0762. The minimum atomic E-state index is -0.468. The number of carbonyl (C=O) groups excluding carboxylic acids is 3. The van der Waals surface area contributed by atoms with Gasteiger partial charge in [-0.2, -0.15) is 0 Å². The summed E-state index contributed by atoms with van der Waals surface area (Å²) in [5.41, 5.74) is 1.65. The van der Waals surface area contributed by atoms with Crippen molar-refractivity contribution in [3.8, 4) is 16.3 Å². The van der Waals surface area contributed by atoms with Crippen LogP contribution in [0.25, 0.3) is 20.8 Å². The third kappa shape index (κ3) is 3.74. The quantitative estimate of drug-likeness (QED) is 0.337. The number of thiazole rings is 1. The summed E-state index contributed by atoms with van der Waals surface area (Å²) in [5.74, 6) is -0.688. The number of aromatic nitrogens is 1. The van der Waals surface area contributed by atoms with E-state index in [1.807, 2.05) is 36.4 Å². The molecule has 2 fully saturated rings. The molecule has 0 unspecified atom stereocenters. The number of esters is 1. The Kier molecular flexibility index (Phi) is 5.28. The standard InChI is InChI=1S/C24H22N2O4S/c27-21(13-14-26-23(28)15-7-1-2-8-16(15)24(26)29)30-19-11-5-3-9-17(19)22-25-18-10-4-6-12-20(18)31-22/h3-6,9-12,15-16H,1-2,7-8,13-14H2/t15-,16-/m0/s1. The van der Waals surface area contributed by atoms with Gasteiger partial charge in [0.05, 0.1) is 34.0 Å². The molecule has 2 amide bonds.